The zero-order valence-electron chi connectivity index (χ0n) is 12.6. The first-order chi connectivity index (χ1) is 11.4. The second kappa shape index (κ2) is 7.88. The second-order valence-corrected chi connectivity index (χ2v) is 5.67. The number of hydrogen-bond acceptors (Lipinski definition) is 2. The lowest BCUT2D eigenvalue weighted by atomic mass is 9.98. The minimum Gasteiger partial charge on any atom is -0.369 e. The van der Waals surface area contributed by atoms with Gasteiger partial charge in [0.25, 0.3) is 5.91 Å². The number of benzene rings is 2. The first-order valence-electron chi connectivity index (χ1n) is 7.14. The van der Waals surface area contributed by atoms with E-state index >= 15 is 0 Å². The van der Waals surface area contributed by atoms with Crippen LogP contribution < -0.4 is 11.1 Å². The third-order valence-electron chi connectivity index (χ3n) is 3.48. The van der Waals surface area contributed by atoms with E-state index in [0.717, 1.165) is 12.1 Å². The van der Waals surface area contributed by atoms with Crippen LogP contribution in [-0.2, 0) is 11.2 Å². The van der Waals surface area contributed by atoms with Crippen molar-refractivity contribution in [3.05, 3.63) is 70.2 Å². The third kappa shape index (κ3) is 4.76. The fourth-order valence-electron chi connectivity index (χ4n) is 2.16. The zero-order chi connectivity index (χ0) is 17.7. The van der Waals surface area contributed by atoms with Crippen molar-refractivity contribution in [3.8, 4) is 0 Å². The van der Waals surface area contributed by atoms with Crippen LogP contribution in [0.3, 0.4) is 0 Å². The molecule has 4 nitrogen and oxygen atoms in total. The zero-order valence-corrected chi connectivity index (χ0v) is 13.3. The number of nitrogens with two attached hydrogens (primary N) is 1. The summed E-state index contributed by atoms with van der Waals surface area (Å²) >= 11 is 5.82. The molecule has 0 bridgehead atoms. The molecule has 0 spiro atoms. The first-order valence-corrected chi connectivity index (χ1v) is 7.51. The number of halogens is 3. The van der Waals surface area contributed by atoms with Gasteiger partial charge in [0.05, 0.1) is 16.5 Å². The molecular formula is C17H15ClF2N2O2. The van der Waals surface area contributed by atoms with Crippen molar-refractivity contribution < 1.29 is 18.4 Å². The molecule has 0 radical (unpaired) electrons. The maximum Gasteiger partial charge on any atom is 0.252 e. The summed E-state index contributed by atoms with van der Waals surface area (Å²) in [6.07, 6.45) is 0.257. The summed E-state index contributed by atoms with van der Waals surface area (Å²) in [5, 5.41) is 2.53. The maximum atomic E-state index is 13.0. The van der Waals surface area contributed by atoms with E-state index in [4.69, 9.17) is 17.3 Å². The van der Waals surface area contributed by atoms with E-state index in [0.29, 0.717) is 5.56 Å². The quantitative estimate of drug-likeness (QED) is 0.839. The van der Waals surface area contributed by atoms with Crippen LogP contribution in [0, 0.1) is 17.6 Å². The van der Waals surface area contributed by atoms with Gasteiger partial charge in [-0.15, -0.1) is 0 Å². The Hall–Kier alpha value is -2.47. The fourth-order valence-corrected chi connectivity index (χ4v) is 2.42. The Morgan fingerprint density at radius 2 is 1.71 bits per heavy atom. The van der Waals surface area contributed by atoms with E-state index in [1.54, 1.807) is 12.1 Å². The monoisotopic (exact) mass is 352 g/mol. The summed E-state index contributed by atoms with van der Waals surface area (Å²) in [5.41, 5.74) is 6.17. The molecule has 0 heterocycles. The van der Waals surface area contributed by atoms with Gasteiger partial charge in [0.2, 0.25) is 5.91 Å². The Labute approximate surface area is 142 Å². The Morgan fingerprint density at radius 1 is 1.08 bits per heavy atom. The Morgan fingerprint density at radius 3 is 2.29 bits per heavy atom. The summed E-state index contributed by atoms with van der Waals surface area (Å²) in [6.45, 7) is -0.0146. The van der Waals surface area contributed by atoms with Gasteiger partial charge in [-0.3, -0.25) is 9.59 Å². The first kappa shape index (κ1) is 17.9. The van der Waals surface area contributed by atoms with Gasteiger partial charge in [-0.1, -0.05) is 23.7 Å². The maximum absolute atomic E-state index is 13.0. The predicted octanol–water partition coefficient (Wildman–Crippen LogP) is 2.69. The molecule has 0 aliphatic heterocycles. The summed E-state index contributed by atoms with van der Waals surface area (Å²) in [6, 6.07) is 9.06. The van der Waals surface area contributed by atoms with Crippen LogP contribution in [0.1, 0.15) is 15.9 Å². The van der Waals surface area contributed by atoms with Crippen molar-refractivity contribution in [2.45, 2.75) is 6.42 Å². The summed E-state index contributed by atoms with van der Waals surface area (Å²) in [5.74, 6) is -2.73. The van der Waals surface area contributed by atoms with Gasteiger partial charge in [0.15, 0.2) is 0 Å². The lowest BCUT2D eigenvalue weighted by molar-refractivity contribution is -0.121. The molecule has 126 valence electrons. The van der Waals surface area contributed by atoms with Crippen molar-refractivity contribution in [1.82, 2.24) is 5.32 Å². The number of primary amides is 1. The molecule has 0 aliphatic carbocycles. The molecule has 0 fully saturated rings. The molecule has 0 saturated heterocycles. The van der Waals surface area contributed by atoms with Crippen molar-refractivity contribution in [2.24, 2.45) is 11.7 Å². The van der Waals surface area contributed by atoms with Crippen molar-refractivity contribution in [3.63, 3.8) is 0 Å². The topological polar surface area (TPSA) is 72.2 Å². The minimum atomic E-state index is -0.668. The van der Waals surface area contributed by atoms with Gasteiger partial charge in [-0.2, -0.15) is 0 Å². The van der Waals surface area contributed by atoms with Crippen LogP contribution in [0.5, 0.6) is 0 Å². The lowest BCUT2D eigenvalue weighted by Crippen LogP contribution is -2.37. The van der Waals surface area contributed by atoms with Crippen molar-refractivity contribution in [2.75, 3.05) is 6.54 Å². The molecule has 3 N–H and O–H groups in total. The standard InChI is InChI=1S/C17H15ClF2N2O2/c18-15-8-13(20)5-6-14(15)17(24)22-9-11(16(21)23)7-10-1-3-12(19)4-2-10/h1-6,8,11H,7,9H2,(H2,21,23)(H,22,24). The molecule has 1 atom stereocenters. The molecule has 2 amide bonds. The van der Waals surface area contributed by atoms with E-state index in [2.05, 4.69) is 5.32 Å². The van der Waals surface area contributed by atoms with Gasteiger partial charge in [0.1, 0.15) is 11.6 Å². The SMILES string of the molecule is NC(=O)C(CNC(=O)c1ccc(F)cc1Cl)Cc1ccc(F)cc1. The third-order valence-corrected chi connectivity index (χ3v) is 3.80. The van der Waals surface area contributed by atoms with E-state index in [1.807, 2.05) is 0 Å². The van der Waals surface area contributed by atoms with E-state index in [1.165, 1.54) is 18.2 Å². The van der Waals surface area contributed by atoms with Gasteiger partial charge in [-0.05, 0) is 42.3 Å². The summed E-state index contributed by atoms with van der Waals surface area (Å²) in [4.78, 5) is 23.6. The van der Waals surface area contributed by atoms with Gasteiger partial charge >= 0.3 is 0 Å². The predicted molar refractivity (Wildman–Crippen MR) is 86.5 cm³/mol. The van der Waals surface area contributed by atoms with Crippen LogP contribution in [0.25, 0.3) is 0 Å². The lowest BCUT2D eigenvalue weighted by Gasteiger charge is -2.15. The van der Waals surface area contributed by atoms with E-state index in [-0.39, 0.29) is 29.4 Å². The number of hydrogen-bond donors (Lipinski definition) is 2. The average molecular weight is 353 g/mol. The number of amides is 2. The highest BCUT2D eigenvalue weighted by Gasteiger charge is 2.19. The average Bonchev–Trinajstić information content (AvgIpc) is 2.52. The minimum absolute atomic E-state index is 0.0146. The fraction of sp³-hybridized carbons (Fsp3) is 0.176. The molecule has 1 unspecified atom stereocenters. The van der Waals surface area contributed by atoms with Crippen LogP contribution in [0.4, 0.5) is 8.78 Å². The summed E-state index contributed by atoms with van der Waals surface area (Å²) < 4.78 is 25.9. The number of carbonyl (C=O) groups excluding carboxylic acids is 2. The Bertz CT molecular complexity index is 751. The number of nitrogens with one attached hydrogen (secondary N) is 1. The molecule has 0 aromatic heterocycles. The van der Waals surface area contributed by atoms with E-state index in [9.17, 15) is 18.4 Å². The Kier molecular flexibility index (Phi) is 5.87. The van der Waals surface area contributed by atoms with Crippen molar-refractivity contribution >= 4 is 23.4 Å². The molecular weight excluding hydrogens is 338 g/mol. The Balaban J connectivity index is 2.01. The molecule has 2 aromatic rings. The molecule has 24 heavy (non-hydrogen) atoms. The normalized spacial score (nSPS) is 11.8. The largest absolute Gasteiger partial charge is 0.369 e. The molecule has 2 rings (SSSR count). The van der Waals surface area contributed by atoms with Crippen LogP contribution >= 0.6 is 11.6 Å². The highest BCUT2D eigenvalue weighted by molar-refractivity contribution is 6.33. The van der Waals surface area contributed by atoms with Crippen LogP contribution in [0.2, 0.25) is 5.02 Å². The number of carbonyl (C=O) groups is 2. The van der Waals surface area contributed by atoms with Gasteiger partial charge in [-0.25, -0.2) is 8.78 Å². The highest BCUT2D eigenvalue weighted by Crippen LogP contribution is 2.17. The molecule has 2 aromatic carbocycles. The highest BCUT2D eigenvalue weighted by atomic mass is 35.5. The van der Waals surface area contributed by atoms with Crippen LogP contribution in [-0.4, -0.2) is 18.4 Å². The summed E-state index contributed by atoms with van der Waals surface area (Å²) in [7, 11) is 0. The molecule has 0 aliphatic rings. The second-order valence-electron chi connectivity index (χ2n) is 5.26. The molecule has 0 saturated carbocycles. The van der Waals surface area contributed by atoms with Gasteiger partial charge < -0.3 is 11.1 Å². The van der Waals surface area contributed by atoms with Gasteiger partial charge in [0, 0.05) is 6.54 Å². The van der Waals surface area contributed by atoms with E-state index < -0.39 is 23.5 Å². The smallest absolute Gasteiger partial charge is 0.252 e. The van der Waals surface area contributed by atoms with Crippen molar-refractivity contribution in [1.29, 1.82) is 0 Å². The molecule has 7 heteroatoms. The van der Waals surface area contributed by atoms with Crippen LogP contribution in [0.15, 0.2) is 42.5 Å². The number of rotatable bonds is 6.